The number of unbranched alkanes of at least 4 members (excludes halogenated alkanes) is 2. The van der Waals surface area contributed by atoms with Gasteiger partial charge in [0.25, 0.3) is 0 Å². The molecule has 1 atom stereocenters. The Morgan fingerprint density at radius 1 is 0.958 bits per heavy atom. The van der Waals surface area contributed by atoms with Crippen molar-refractivity contribution in [2.75, 3.05) is 19.8 Å². The third-order valence-electron chi connectivity index (χ3n) is 4.28. The van der Waals surface area contributed by atoms with Gasteiger partial charge in [-0.3, -0.25) is 0 Å². The molecule has 0 aromatic heterocycles. The highest BCUT2D eigenvalue weighted by molar-refractivity contribution is 7.80. The van der Waals surface area contributed by atoms with Crippen molar-refractivity contribution in [1.29, 1.82) is 0 Å². The second-order valence-electron chi connectivity index (χ2n) is 6.41. The minimum absolute atomic E-state index is 0.127. The molecule has 0 bridgehead atoms. The van der Waals surface area contributed by atoms with Crippen molar-refractivity contribution < 1.29 is 13.3 Å². The van der Waals surface area contributed by atoms with Crippen molar-refractivity contribution in [2.45, 2.75) is 92.0 Å². The molecule has 1 unspecified atom stereocenters. The van der Waals surface area contributed by atoms with Gasteiger partial charge in [-0.2, -0.15) is 0 Å². The zero-order valence-corrected chi connectivity index (χ0v) is 18.7. The molecule has 0 aliphatic heterocycles. The van der Waals surface area contributed by atoms with Gasteiger partial charge >= 0.3 is 8.80 Å². The van der Waals surface area contributed by atoms with E-state index >= 15 is 0 Å². The van der Waals surface area contributed by atoms with Crippen LogP contribution in [0.2, 0.25) is 5.54 Å². The molecule has 0 spiro atoms. The van der Waals surface area contributed by atoms with Gasteiger partial charge in [-0.25, -0.2) is 0 Å². The lowest BCUT2D eigenvalue weighted by molar-refractivity contribution is 0.0667. The Balaban J connectivity index is 0.000000546. The third-order valence-corrected chi connectivity index (χ3v) is 8.54. The molecule has 24 heavy (non-hydrogen) atoms. The lowest BCUT2D eigenvalue weighted by Gasteiger charge is -2.34. The largest absolute Gasteiger partial charge is 0.509 e. The van der Waals surface area contributed by atoms with Gasteiger partial charge < -0.3 is 13.3 Å². The summed E-state index contributed by atoms with van der Waals surface area (Å²) in [5.74, 6) is 1.15. The quantitative estimate of drug-likeness (QED) is 0.218. The average molecular weight is 377 g/mol. The van der Waals surface area contributed by atoms with Crippen molar-refractivity contribution in [2.24, 2.45) is 5.92 Å². The second-order valence-corrected chi connectivity index (χ2v) is 9.83. The van der Waals surface area contributed by atoms with Crippen LogP contribution in [0.3, 0.4) is 0 Å². The van der Waals surface area contributed by atoms with E-state index in [2.05, 4.69) is 13.8 Å². The minimum Gasteiger partial charge on any atom is -0.373 e. The molecule has 0 amide bonds. The molecule has 0 radical (unpaired) electrons. The highest BCUT2D eigenvalue weighted by Crippen LogP contribution is 2.34. The first-order valence-corrected chi connectivity index (χ1v) is 12.1. The first-order chi connectivity index (χ1) is 11.5. The number of rotatable bonds is 13. The van der Waals surface area contributed by atoms with Crippen molar-refractivity contribution >= 4 is 25.9 Å². The fourth-order valence-corrected chi connectivity index (χ4v) is 6.56. The Labute approximate surface area is 157 Å². The van der Waals surface area contributed by atoms with Crippen LogP contribution in [0.1, 0.15) is 86.5 Å². The van der Waals surface area contributed by atoms with Gasteiger partial charge in [-0.15, -0.1) is 0 Å². The Kier molecular flexibility index (Phi) is 14.5. The summed E-state index contributed by atoms with van der Waals surface area (Å²) in [6.45, 7) is 14.0. The van der Waals surface area contributed by atoms with Crippen molar-refractivity contribution in [1.82, 2.24) is 0 Å². The summed E-state index contributed by atoms with van der Waals surface area (Å²) in [6, 6.07) is 0. The predicted molar refractivity (Wildman–Crippen MR) is 110 cm³/mol. The van der Waals surface area contributed by atoms with Crippen LogP contribution >= 0.6 is 12.2 Å². The molecule has 0 saturated heterocycles. The predicted octanol–water partition coefficient (Wildman–Crippen LogP) is 6.18. The molecule has 1 aliphatic rings. The van der Waals surface area contributed by atoms with Gasteiger partial charge in [0.2, 0.25) is 0 Å². The number of hydrogen-bond donors (Lipinski definition) is 0. The summed E-state index contributed by atoms with van der Waals surface area (Å²) in [5.41, 5.74) is 0.127. The summed E-state index contributed by atoms with van der Waals surface area (Å²) in [4.78, 5) is 0.921. The first kappa shape index (κ1) is 24.2. The molecule has 5 heteroatoms. The molecule has 144 valence electrons. The Morgan fingerprint density at radius 2 is 1.46 bits per heavy atom. The van der Waals surface area contributed by atoms with E-state index in [-0.39, 0.29) is 5.54 Å². The molecule has 1 aliphatic carbocycles. The molecule has 1 rings (SSSR count). The van der Waals surface area contributed by atoms with E-state index in [0.29, 0.717) is 19.8 Å². The van der Waals surface area contributed by atoms with E-state index < -0.39 is 8.80 Å². The van der Waals surface area contributed by atoms with E-state index in [4.69, 9.17) is 25.5 Å². The fourth-order valence-electron chi connectivity index (χ4n) is 2.91. The monoisotopic (exact) mass is 376 g/mol. The molecular formula is C19H40O3SSi. The average Bonchev–Trinajstić information content (AvgIpc) is 3.33. The first-order valence-electron chi connectivity index (χ1n) is 9.93. The normalized spacial score (nSPS) is 15.6. The molecule has 0 N–H and O–H groups in total. The maximum absolute atomic E-state index is 5.83. The van der Waals surface area contributed by atoms with Crippen molar-refractivity contribution in [3.63, 3.8) is 0 Å². The van der Waals surface area contributed by atoms with Gasteiger partial charge in [0.05, 0.1) is 5.54 Å². The minimum atomic E-state index is -2.63. The fraction of sp³-hybridized carbons (Fsp3) is 0.947. The van der Waals surface area contributed by atoms with Crippen LogP contribution in [0.25, 0.3) is 0 Å². The molecule has 0 aromatic carbocycles. The van der Waals surface area contributed by atoms with Gasteiger partial charge in [0.15, 0.2) is 0 Å². The van der Waals surface area contributed by atoms with Crippen LogP contribution in [0.5, 0.6) is 0 Å². The van der Waals surface area contributed by atoms with Gasteiger partial charge in [0, 0.05) is 19.8 Å². The Hall–Kier alpha value is 0.187. The summed E-state index contributed by atoms with van der Waals surface area (Å²) in [5, 5.41) is 0. The standard InChI is InChI=1S/C11H24O3SSi.C8H16/c1-6-11(10(5)15)16(12-7-2,13-8-3)14-9-4;1-2-3-4-5-8-6-7-8/h11H,6-9H2,1-5H3;8H,2-7H2,1H3. The number of thiocarbonyl (C=S) groups is 1. The summed E-state index contributed by atoms with van der Waals surface area (Å²) in [6.07, 6.45) is 9.81. The molecular weight excluding hydrogens is 336 g/mol. The maximum Gasteiger partial charge on any atom is 0.509 e. The number of hydrogen-bond acceptors (Lipinski definition) is 4. The SMILES string of the molecule is CCCCCC1CC1.CCO[Si](OCC)(OCC)C(CC)C(C)=S. The smallest absolute Gasteiger partial charge is 0.373 e. The van der Waals surface area contributed by atoms with E-state index in [1.54, 1.807) is 0 Å². The third kappa shape index (κ3) is 9.61. The van der Waals surface area contributed by atoms with Crippen molar-refractivity contribution in [3.05, 3.63) is 0 Å². The van der Waals surface area contributed by atoms with Crippen LogP contribution in [0.15, 0.2) is 0 Å². The van der Waals surface area contributed by atoms with Gasteiger partial charge in [-0.1, -0.05) is 64.6 Å². The highest BCUT2D eigenvalue weighted by Gasteiger charge is 2.49. The molecule has 0 aromatic rings. The topological polar surface area (TPSA) is 27.7 Å². The lowest BCUT2D eigenvalue weighted by atomic mass is 10.1. The van der Waals surface area contributed by atoms with Crippen LogP contribution in [0, 0.1) is 5.92 Å². The maximum atomic E-state index is 5.83. The van der Waals surface area contributed by atoms with Crippen LogP contribution < -0.4 is 0 Å². The van der Waals surface area contributed by atoms with Gasteiger partial charge in [-0.05, 0) is 44.9 Å². The zero-order valence-electron chi connectivity index (χ0n) is 16.9. The summed E-state index contributed by atoms with van der Waals surface area (Å²) in [7, 11) is -2.63. The van der Waals surface area contributed by atoms with Gasteiger partial charge in [0.1, 0.15) is 0 Å². The Bertz CT molecular complexity index is 305. The molecule has 0 heterocycles. The Morgan fingerprint density at radius 3 is 1.75 bits per heavy atom. The molecule has 1 saturated carbocycles. The molecule has 3 nitrogen and oxygen atoms in total. The molecule has 1 fully saturated rings. The van der Waals surface area contributed by atoms with Crippen LogP contribution in [0.4, 0.5) is 0 Å². The van der Waals surface area contributed by atoms with Crippen LogP contribution in [-0.4, -0.2) is 33.5 Å². The van der Waals surface area contributed by atoms with E-state index in [0.717, 1.165) is 17.2 Å². The lowest BCUT2D eigenvalue weighted by Crippen LogP contribution is -2.52. The summed E-state index contributed by atoms with van der Waals surface area (Å²) >= 11 is 5.30. The van der Waals surface area contributed by atoms with E-state index in [9.17, 15) is 0 Å². The highest BCUT2D eigenvalue weighted by atomic mass is 32.1. The second kappa shape index (κ2) is 14.4. The van der Waals surface area contributed by atoms with Crippen LogP contribution in [-0.2, 0) is 13.3 Å². The summed E-state index contributed by atoms with van der Waals surface area (Å²) < 4.78 is 17.5. The van der Waals surface area contributed by atoms with E-state index in [1.165, 1.54) is 38.5 Å². The van der Waals surface area contributed by atoms with E-state index in [1.807, 2.05) is 27.7 Å². The van der Waals surface area contributed by atoms with Crippen molar-refractivity contribution in [3.8, 4) is 0 Å². The zero-order chi connectivity index (χ0) is 18.4.